The molecule has 0 bridgehead atoms. The SMILES string of the molecule is COc1cccc([N+](=O)[O-])c1/C=C/C(=O)O. The van der Waals surface area contributed by atoms with E-state index in [1.165, 1.54) is 25.3 Å². The van der Waals surface area contributed by atoms with Crippen LogP contribution in [0.4, 0.5) is 5.69 Å². The van der Waals surface area contributed by atoms with Gasteiger partial charge in [0, 0.05) is 12.1 Å². The molecule has 0 atom stereocenters. The van der Waals surface area contributed by atoms with Crippen LogP contribution in [-0.4, -0.2) is 23.1 Å². The van der Waals surface area contributed by atoms with Crippen molar-refractivity contribution in [3.63, 3.8) is 0 Å². The van der Waals surface area contributed by atoms with Crippen LogP contribution in [0.2, 0.25) is 0 Å². The van der Waals surface area contributed by atoms with E-state index in [9.17, 15) is 14.9 Å². The van der Waals surface area contributed by atoms with Crippen molar-refractivity contribution in [1.29, 1.82) is 0 Å². The molecule has 0 saturated carbocycles. The van der Waals surface area contributed by atoms with E-state index >= 15 is 0 Å². The Labute approximate surface area is 90.9 Å². The lowest BCUT2D eigenvalue weighted by Gasteiger charge is -2.04. The van der Waals surface area contributed by atoms with Gasteiger partial charge < -0.3 is 9.84 Å². The Kier molecular flexibility index (Phi) is 3.60. The standard InChI is InChI=1S/C10H9NO5/c1-16-9-4-2-3-8(11(14)15)7(9)5-6-10(12)13/h2-6H,1H3,(H,12,13)/b6-5+. The fourth-order valence-electron chi connectivity index (χ4n) is 1.19. The van der Waals surface area contributed by atoms with Crippen LogP contribution in [0, 0.1) is 10.1 Å². The number of carboxylic acid groups (broad SMARTS) is 1. The van der Waals surface area contributed by atoms with E-state index in [0.29, 0.717) is 0 Å². The Bertz CT molecular complexity index is 453. The summed E-state index contributed by atoms with van der Waals surface area (Å²) in [7, 11) is 1.36. The Hall–Kier alpha value is -2.37. The van der Waals surface area contributed by atoms with Crippen molar-refractivity contribution in [3.05, 3.63) is 40.0 Å². The van der Waals surface area contributed by atoms with Gasteiger partial charge >= 0.3 is 5.97 Å². The number of benzene rings is 1. The van der Waals surface area contributed by atoms with Gasteiger partial charge in [0.15, 0.2) is 0 Å². The van der Waals surface area contributed by atoms with E-state index in [4.69, 9.17) is 9.84 Å². The van der Waals surface area contributed by atoms with Crippen molar-refractivity contribution < 1.29 is 19.6 Å². The first-order valence-corrected chi connectivity index (χ1v) is 4.28. The second kappa shape index (κ2) is 4.92. The molecular weight excluding hydrogens is 214 g/mol. The molecule has 6 nitrogen and oxygen atoms in total. The van der Waals surface area contributed by atoms with Gasteiger partial charge in [0.1, 0.15) is 5.75 Å². The molecule has 1 rings (SSSR count). The van der Waals surface area contributed by atoms with Crippen molar-refractivity contribution in [2.75, 3.05) is 7.11 Å². The van der Waals surface area contributed by atoms with Crippen molar-refractivity contribution in [3.8, 4) is 5.75 Å². The molecule has 0 unspecified atom stereocenters. The molecule has 84 valence electrons. The second-order valence-electron chi connectivity index (χ2n) is 2.82. The number of nitro groups is 1. The average molecular weight is 223 g/mol. The highest BCUT2D eigenvalue weighted by molar-refractivity contribution is 5.87. The number of carboxylic acids is 1. The predicted molar refractivity (Wildman–Crippen MR) is 56.3 cm³/mol. The molecule has 0 spiro atoms. The molecule has 0 radical (unpaired) electrons. The highest BCUT2D eigenvalue weighted by atomic mass is 16.6. The summed E-state index contributed by atoms with van der Waals surface area (Å²) in [5.74, 6) is -0.924. The fourth-order valence-corrected chi connectivity index (χ4v) is 1.19. The molecule has 0 aromatic heterocycles. The highest BCUT2D eigenvalue weighted by Gasteiger charge is 2.15. The first kappa shape index (κ1) is 11.7. The molecule has 16 heavy (non-hydrogen) atoms. The summed E-state index contributed by atoms with van der Waals surface area (Å²) in [6, 6.07) is 4.27. The van der Waals surface area contributed by atoms with Crippen LogP contribution < -0.4 is 4.74 Å². The summed E-state index contributed by atoms with van der Waals surface area (Å²) in [6.45, 7) is 0. The Morgan fingerprint density at radius 2 is 2.25 bits per heavy atom. The number of methoxy groups -OCH3 is 1. The summed E-state index contributed by atoms with van der Waals surface area (Å²) in [5.41, 5.74) is -0.0609. The molecule has 0 fully saturated rings. The lowest BCUT2D eigenvalue weighted by atomic mass is 10.1. The van der Waals surface area contributed by atoms with E-state index in [0.717, 1.165) is 12.2 Å². The van der Waals surface area contributed by atoms with Crippen LogP contribution >= 0.6 is 0 Å². The van der Waals surface area contributed by atoms with Crippen LogP contribution in [0.15, 0.2) is 24.3 Å². The van der Waals surface area contributed by atoms with Gasteiger partial charge in [0.25, 0.3) is 5.69 Å². The van der Waals surface area contributed by atoms with Gasteiger partial charge in [0.05, 0.1) is 17.6 Å². The van der Waals surface area contributed by atoms with Gasteiger partial charge in [-0.3, -0.25) is 10.1 Å². The maximum atomic E-state index is 10.7. The minimum Gasteiger partial charge on any atom is -0.496 e. The number of hydrogen-bond donors (Lipinski definition) is 1. The summed E-state index contributed by atoms with van der Waals surface area (Å²) < 4.78 is 4.92. The lowest BCUT2D eigenvalue weighted by molar-refractivity contribution is -0.385. The van der Waals surface area contributed by atoms with Crippen molar-refractivity contribution >= 4 is 17.7 Å². The topological polar surface area (TPSA) is 89.7 Å². The third-order valence-corrected chi connectivity index (χ3v) is 1.85. The third-order valence-electron chi connectivity index (χ3n) is 1.85. The number of nitrogens with zero attached hydrogens (tertiary/aromatic N) is 1. The van der Waals surface area contributed by atoms with Crippen LogP contribution in [0.25, 0.3) is 6.08 Å². The Balaban J connectivity index is 3.30. The van der Waals surface area contributed by atoms with E-state index < -0.39 is 10.9 Å². The van der Waals surface area contributed by atoms with E-state index in [1.807, 2.05) is 0 Å². The first-order chi connectivity index (χ1) is 7.56. The quantitative estimate of drug-likeness (QED) is 0.476. The highest BCUT2D eigenvalue weighted by Crippen LogP contribution is 2.29. The van der Waals surface area contributed by atoms with Crippen LogP contribution in [0.1, 0.15) is 5.56 Å². The van der Waals surface area contributed by atoms with E-state index in [-0.39, 0.29) is 17.0 Å². The fraction of sp³-hybridized carbons (Fsp3) is 0.100. The minimum atomic E-state index is -1.18. The molecule has 6 heteroatoms. The van der Waals surface area contributed by atoms with Crippen LogP contribution in [0.5, 0.6) is 5.75 Å². The largest absolute Gasteiger partial charge is 0.496 e. The predicted octanol–water partition coefficient (Wildman–Crippen LogP) is 1.70. The maximum absolute atomic E-state index is 10.7. The summed E-state index contributed by atoms with van der Waals surface area (Å²) in [6.07, 6.45) is 1.96. The second-order valence-corrected chi connectivity index (χ2v) is 2.82. The van der Waals surface area contributed by atoms with Gasteiger partial charge in [-0.25, -0.2) is 4.79 Å². The molecular formula is C10H9NO5. The molecule has 0 aliphatic heterocycles. The normalized spacial score (nSPS) is 10.3. The zero-order chi connectivity index (χ0) is 12.1. The number of nitro benzene ring substituents is 1. The summed E-state index contributed by atoms with van der Waals surface area (Å²) in [4.78, 5) is 20.5. The third kappa shape index (κ3) is 2.57. The minimum absolute atomic E-state index is 0.136. The first-order valence-electron chi connectivity index (χ1n) is 4.28. The smallest absolute Gasteiger partial charge is 0.328 e. The number of carbonyl (C=O) groups is 1. The van der Waals surface area contributed by atoms with Crippen LogP contribution in [-0.2, 0) is 4.79 Å². The molecule has 0 amide bonds. The summed E-state index contributed by atoms with van der Waals surface area (Å²) >= 11 is 0. The molecule has 0 heterocycles. The maximum Gasteiger partial charge on any atom is 0.328 e. The Morgan fingerprint density at radius 3 is 2.75 bits per heavy atom. The zero-order valence-electron chi connectivity index (χ0n) is 8.41. The van der Waals surface area contributed by atoms with Crippen molar-refractivity contribution in [2.45, 2.75) is 0 Å². The van der Waals surface area contributed by atoms with Crippen LogP contribution in [0.3, 0.4) is 0 Å². The van der Waals surface area contributed by atoms with Gasteiger partial charge in [-0.1, -0.05) is 6.07 Å². The molecule has 0 aliphatic carbocycles. The Morgan fingerprint density at radius 1 is 1.56 bits per heavy atom. The van der Waals surface area contributed by atoms with Gasteiger partial charge in [-0.15, -0.1) is 0 Å². The van der Waals surface area contributed by atoms with Gasteiger partial charge in [-0.2, -0.15) is 0 Å². The van der Waals surface area contributed by atoms with Gasteiger partial charge in [0.2, 0.25) is 0 Å². The lowest BCUT2D eigenvalue weighted by Crippen LogP contribution is -1.95. The van der Waals surface area contributed by atoms with E-state index in [2.05, 4.69) is 0 Å². The number of aliphatic carboxylic acids is 1. The average Bonchev–Trinajstić information content (AvgIpc) is 2.25. The van der Waals surface area contributed by atoms with E-state index in [1.54, 1.807) is 0 Å². The molecule has 1 aromatic rings. The molecule has 0 aliphatic rings. The van der Waals surface area contributed by atoms with Gasteiger partial charge in [-0.05, 0) is 12.1 Å². The number of rotatable bonds is 4. The molecule has 1 N–H and O–H groups in total. The number of ether oxygens (including phenoxy) is 1. The zero-order valence-corrected chi connectivity index (χ0v) is 8.41. The van der Waals surface area contributed by atoms with Crippen molar-refractivity contribution in [1.82, 2.24) is 0 Å². The van der Waals surface area contributed by atoms with Crippen molar-refractivity contribution in [2.24, 2.45) is 0 Å². The summed E-state index contributed by atoms with van der Waals surface area (Å²) in [5, 5.41) is 19.2. The monoisotopic (exact) mass is 223 g/mol. The molecule has 1 aromatic carbocycles. The molecule has 0 saturated heterocycles. The number of hydrogen-bond acceptors (Lipinski definition) is 4.